The van der Waals surface area contributed by atoms with E-state index in [1.165, 1.54) is 25.3 Å². The van der Waals surface area contributed by atoms with Gasteiger partial charge in [-0.05, 0) is 77.8 Å². The van der Waals surface area contributed by atoms with E-state index in [1.807, 2.05) is 4.90 Å². The fourth-order valence-corrected chi connectivity index (χ4v) is 18.3. The second-order valence-electron chi connectivity index (χ2n) is 11.3. The van der Waals surface area contributed by atoms with Crippen molar-refractivity contribution in [1.82, 2.24) is 4.90 Å². The fourth-order valence-electron chi connectivity index (χ4n) is 3.63. The lowest BCUT2D eigenvalue weighted by Gasteiger charge is -2.49. The minimum Gasteiger partial charge on any atom is -0.416 e. The molecule has 31 heavy (non-hydrogen) atoms. The molecule has 0 N–H and O–H groups in total. The summed E-state index contributed by atoms with van der Waals surface area (Å²) in [6, 6.07) is 0. The number of nitrogens with zero attached hydrogens (tertiary/aromatic N) is 1. The van der Waals surface area contributed by atoms with Gasteiger partial charge in [0.1, 0.15) is 0 Å². The van der Waals surface area contributed by atoms with Gasteiger partial charge < -0.3 is 17.2 Å². The Kier molecular flexibility index (Phi) is 13.0. The smallest absolute Gasteiger partial charge is 0.416 e. The van der Waals surface area contributed by atoms with Crippen molar-refractivity contribution in [2.24, 2.45) is 0 Å². The normalized spacial score (nSPS) is 14.4. The number of amides is 1. The van der Waals surface area contributed by atoms with Gasteiger partial charge >= 0.3 is 8.80 Å². The molecule has 0 aromatic rings. The summed E-state index contributed by atoms with van der Waals surface area (Å²) >= 11 is 0. The summed E-state index contributed by atoms with van der Waals surface area (Å²) in [5.74, 6) is -0.0447. The van der Waals surface area contributed by atoms with Crippen LogP contribution in [0.2, 0.25) is 58.9 Å². The number of rotatable bonds is 16. The van der Waals surface area contributed by atoms with Gasteiger partial charge in [0.25, 0.3) is 0 Å². The topological polar surface area (TPSA) is 48.0 Å². The van der Waals surface area contributed by atoms with Crippen LogP contribution in [0.25, 0.3) is 0 Å². The molecule has 1 atom stereocenters. The Hall–Kier alpha value is -0.0425. The summed E-state index contributed by atoms with van der Waals surface area (Å²) < 4.78 is 20.8. The van der Waals surface area contributed by atoms with Crippen molar-refractivity contribution in [3.63, 3.8) is 0 Å². The van der Waals surface area contributed by atoms with Gasteiger partial charge in [-0.15, -0.1) is 0 Å². The Labute approximate surface area is 197 Å². The molecule has 1 unspecified atom stereocenters. The van der Waals surface area contributed by atoms with Gasteiger partial charge in [0, 0.05) is 6.54 Å². The molecule has 5 nitrogen and oxygen atoms in total. The molecule has 0 aromatic carbocycles. The zero-order valence-electron chi connectivity index (χ0n) is 22.4. The third-order valence-electron chi connectivity index (χ3n) is 4.48. The monoisotopic (exact) mass is 505 g/mol. The molecule has 0 aliphatic heterocycles. The van der Waals surface area contributed by atoms with Crippen LogP contribution < -0.4 is 0 Å². The first-order valence-corrected chi connectivity index (χ1v) is 24.1. The lowest BCUT2D eigenvalue weighted by atomic mass is 10.1. The molecule has 0 radical (unpaired) electrons. The van der Waals surface area contributed by atoms with Crippen molar-refractivity contribution < 1.29 is 17.1 Å². The highest BCUT2D eigenvalue weighted by molar-refractivity contribution is 6.90. The van der Waals surface area contributed by atoms with Crippen LogP contribution in [0.5, 0.6) is 0 Å². The molecular weight excluding hydrogens is 455 g/mol. The Morgan fingerprint density at radius 2 is 1.23 bits per heavy atom. The van der Waals surface area contributed by atoms with E-state index in [2.05, 4.69) is 79.3 Å². The minimum atomic E-state index is -3.21. The number of unbranched alkanes of at least 4 members (excludes halogenated alkanes) is 4. The summed E-state index contributed by atoms with van der Waals surface area (Å²) in [5.41, 5.74) is -0.186. The van der Waals surface area contributed by atoms with E-state index in [9.17, 15) is 4.79 Å². The second-order valence-corrected chi connectivity index (χ2v) is 28.3. The molecule has 0 aliphatic rings. The quantitative estimate of drug-likeness (QED) is 0.132. The third kappa shape index (κ3) is 12.7. The van der Waals surface area contributed by atoms with Crippen molar-refractivity contribution in [1.29, 1.82) is 0 Å². The molecule has 0 fully saturated rings. The molecule has 0 aliphatic carbocycles. The van der Waals surface area contributed by atoms with E-state index in [0.29, 0.717) is 6.54 Å². The van der Waals surface area contributed by atoms with E-state index in [1.54, 1.807) is 0 Å². The zero-order chi connectivity index (χ0) is 24.5. The van der Waals surface area contributed by atoms with E-state index in [-0.39, 0.29) is 11.6 Å². The maximum atomic E-state index is 13.1. The van der Waals surface area contributed by atoms with Crippen LogP contribution in [0.1, 0.15) is 52.4 Å². The highest BCUT2D eigenvalue weighted by Crippen LogP contribution is 2.32. The second kappa shape index (κ2) is 13.0. The summed E-state index contributed by atoms with van der Waals surface area (Å²) in [4.78, 5) is 15.0. The lowest BCUT2D eigenvalue weighted by Crippen LogP contribution is -2.71. The zero-order valence-corrected chi connectivity index (χ0v) is 26.4. The lowest BCUT2D eigenvalue weighted by molar-refractivity contribution is -0.128. The van der Waals surface area contributed by atoms with Crippen molar-refractivity contribution in [2.45, 2.75) is 117 Å². The van der Waals surface area contributed by atoms with Gasteiger partial charge in [-0.2, -0.15) is 0 Å². The number of carbonyl (C=O) groups excluding carboxylic acids is 1. The molecule has 9 heteroatoms. The maximum Gasteiger partial charge on any atom is 0.493 e. The fraction of sp³-hybridized carbons (Fsp3) is 0.864. The van der Waals surface area contributed by atoms with E-state index >= 15 is 0 Å². The van der Waals surface area contributed by atoms with Gasteiger partial charge in [0.2, 0.25) is 5.91 Å². The van der Waals surface area contributed by atoms with Crippen LogP contribution in [-0.2, 0) is 17.1 Å². The van der Waals surface area contributed by atoms with Crippen LogP contribution >= 0.6 is 0 Å². The average Bonchev–Trinajstić information content (AvgIpc) is 2.55. The SMILES string of the molecule is C=CC(=O)N(CCCCCCC)C(CC)[Si](O[Si](C)(C)C)(O[Si](C)(C)C)O[Si](C)(C)C. The Morgan fingerprint density at radius 1 is 0.806 bits per heavy atom. The number of carbonyl (C=O) groups is 1. The van der Waals surface area contributed by atoms with Gasteiger partial charge in [-0.3, -0.25) is 4.79 Å². The Balaban J connectivity index is 6.33. The van der Waals surface area contributed by atoms with E-state index in [4.69, 9.17) is 12.3 Å². The molecule has 0 spiro atoms. The van der Waals surface area contributed by atoms with Crippen molar-refractivity contribution in [3.05, 3.63) is 12.7 Å². The maximum absolute atomic E-state index is 13.1. The van der Waals surface area contributed by atoms with Crippen LogP contribution in [0, 0.1) is 0 Å². The van der Waals surface area contributed by atoms with Crippen LogP contribution in [0.4, 0.5) is 0 Å². The molecule has 0 aromatic heterocycles. The highest BCUT2D eigenvalue weighted by atomic mass is 28.5. The molecular formula is C22H51NO4Si4. The molecule has 0 rings (SSSR count). The molecule has 1 amide bonds. The van der Waals surface area contributed by atoms with Crippen molar-refractivity contribution in [3.8, 4) is 0 Å². The molecule has 0 saturated heterocycles. The average molecular weight is 506 g/mol. The molecule has 0 bridgehead atoms. The molecule has 0 heterocycles. The van der Waals surface area contributed by atoms with Crippen LogP contribution in [-0.4, -0.2) is 56.8 Å². The Morgan fingerprint density at radius 3 is 1.55 bits per heavy atom. The summed E-state index contributed by atoms with van der Waals surface area (Å²) in [6.07, 6.45) is 7.94. The van der Waals surface area contributed by atoms with E-state index in [0.717, 1.165) is 19.3 Å². The van der Waals surface area contributed by atoms with Crippen molar-refractivity contribution >= 4 is 39.7 Å². The third-order valence-corrected chi connectivity index (χ3v) is 16.8. The number of hydrogen-bond acceptors (Lipinski definition) is 4. The van der Waals surface area contributed by atoms with E-state index < -0.39 is 33.8 Å². The van der Waals surface area contributed by atoms with Gasteiger partial charge in [-0.1, -0.05) is 46.1 Å². The summed E-state index contributed by atoms with van der Waals surface area (Å²) in [6.45, 7) is 28.5. The first-order chi connectivity index (χ1) is 14.0. The minimum absolute atomic E-state index is 0.0447. The molecule has 0 saturated carbocycles. The predicted octanol–water partition coefficient (Wildman–Crippen LogP) is 6.78. The van der Waals surface area contributed by atoms with Crippen molar-refractivity contribution in [2.75, 3.05) is 6.54 Å². The van der Waals surface area contributed by atoms with Crippen LogP contribution in [0.3, 0.4) is 0 Å². The largest absolute Gasteiger partial charge is 0.493 e. The van der Waals surface area contributed by atoms with Gasteiger partial charge in [0.05, 0.1) is 5.67 Å². The first kappa shape index (κ1) is 31.0. The summed E-state index contributed by atoms with van der Waals surface area (Å²) in [7, 11) is -9.26. The first-order valence-electron chi connectivity index (χ1n) is 12.0. The summed E-state index contributed by atoms with van der Waals surface area (Å²) in [5, 5.41) is 0. The van der Waals surface area contributed by atoms with Gasteiger partial charge in [-0.25, -0.2) is 0 Å². The van der Waals surface area contributed by atoms with Gasteiger partial charge in [0.15, 0.2) is 25.0 Å². The highest BCUT2D eigenvalue weighted by Gasteiger charge is 2.57. The van der Waals surface area contributed by atoms with Crippen LogP contribution in [0.15, 0.2) is 12.7 Å². The molecule has 184 valence electrons. The Bertz CT molecular complexity index is 512. The number of hydrogen-bond donors (Lipinski definition) is 0. The standard InChI is InChI=1S/C22H51NO4Si4/c1-13-16-17-18-19-20-23(21(24)14-2)22(15-3)31(25-28(4,5)6,26-29(7,8)9)27-30(10,11)12/h14,22H,2,13,15-20H2,1,3-12H3. The predicted molar refractivity (Wildman–Crippen MR) is 144 cm³/mol.